The van der Waals surface area contributed by atoms with Crippen LogP contribution in [0.3, 0.4) is 0 Å². The average Bonchev–Trinajstić information content (AvgIpc) is 2.80. The van der Waals surface area contributed by atoms with Gasteiger partial charge in [0, 0.05) is 19.2 Å². The van der Waals surface area contributed by atoms with E-state index in [9.17, 15) is 26.8 Å². The van der Waals surface area contributed by atoms with Gasteiger partial charge in [-0.1, -0.05) is 50.1 Å². The number of aryl methyl sites for hydroxylation is 1. The molecule has 192 valence electrons. The molecule has 0 saturated carbocycles. The van der Waals surface area contributed by atoms with Crippen molar-refractivity contribution < 1.29 is 26.8 Å². The maximum Gasteiger partial charge on any atom is 0.244 e. The second-order valence-electron chi connectivity index (χ2n) is 8.44. The van der Waals surface area contributed by atoms with E-state index in [4.69, 9.17) is 0 Å². The van der Waals surface area contributed by atoms with Gasteiger partial charge in [-0.15, -0.1) is 0 Å². The Hall–Kier alpha value is -3.01. The van der Waals surface area contributed by atoms with E-state index in [-0.39, 0.29) is 18.1 Å². The lowest BCUT2D eigenvalue weighted by molar-refractivity contribution is -0.140. The number of hydrogen-bond donors (Lipinski definition) is 1. The summed E-state index contributed by atoms with van der Waals surface area (Å²) in [5.74, 6) is -3.34. The highest BCUT2D eigenvalue weighted by atomic mass is 32.2. The third-order valence-corrected chi connectivity index (χ3v) is 6.70. The van der Waals surface area contributed by atoms with Crippen LogP contribution < -0.4 is 9.62 Å². The Morgan fingerprint density at radius 2 is 1.69 bits per heavy atom. The predicted octanol–water partition coefficient (Wildman–Crippen LogP) is 3.76. The lowest BCUT2D eigenvalue weighted by Crippen LogP contribution is -2.52. The Morgan fingerprint density at radius 1 is 1.03 bits per heavy atom. The van der Waals surface area contributed by atoms with Gasteiger partial charge in [-0.2, -0.15) is 0 Å². The zero-order valence-corrected chi connectivity index (χ0v) is 21.4. The van der Waals surface area contributed by atoms with Crippen LogP contribution in [0.5, 0.6) is 0 Å². The van der Waals surface area contributed by atoms with Gasteiger partial charge >= 0.3 is 0 Å². The molecule has 0 aliphatic heterocycles. The van der Waals surface area contributed by atoms with Crippen molar-refractivity contribution >= 4 is 27.5 Å². The van der Waals surface area contributed by atoms with Crippen molar-refractivity contribution in [1.82, 2.24) is 10.2 Å². The second kappa shape index (κ2) is 12.6. The van der Waals surface area contributed by atoms with Crippen molar-refractivity contribution in [3.63, 3.8) is 0 Å². The Kier molecular flexibility index (Phi) is 10.2. The normalized spacial score (nSPS) is 12.2. The fourth-order valence-electron chi connectivity index (χ4n) is 3.57. The van der Waals surface area contributed by atoms with Gasteiger partial charge in [-0.25, -0.2) is 17.2 Å². The number of nitrogens with one attached hydrogen (secondary N) is 1. The monoisotopic (exact) mass is 509 g/mol. The van der Waals surface area contributed by atoms with Gasteiger partial charge in [0.15, 0.2) is 11.6 Å². The van der Waals surface area contributed by atoms with Crippen molar-refractivity contribution in [1.29, 1.82) is 0 Å². The Labute approximate surface area is 206 Å². The molecule has 2 amide bonds. The summed E-state index contributed by atoms with van der Waals surface area (Å²) in [6, 6.07) is 9.20. The van der Waals surface area contributed by atoms with Crippen molar-refractivity contribution in [3.8, 4) is 0 Å². The number of hydrogen-bond acceptors (Lipinski definition) is 4. The smallest absolute Gasteiger partial charge is 0.244 e. The van der Waals surface area contributed by atoms with Crippen LogP contribution in [0.1, 0.15) is 44.2 Å². The first kappa shape index (κ1) is 28.2. The van der Waals surface area contributed by atoms with Gasteiger partial charge in [-0.05, 0) is 37.5 Å². The Morgan fingerprint density at radius 3 is 2.23 bits per heavy atom. The van der Waals surface area contributed by atoms with Crippen molar-refractivity contribution in [2.75, 3.05) is 23.7 Å². The molecule has 0 saturated heterocycles. The number of amides is 2. The number of anilines is 1. The summed E-state index contributed by atoms with van der Waals surface area (Å²) in [6.07, 6.45) is 2.85. The molecular weight excluding hydrogens is 476 g/mol. The highest BCUT2D eigenvalue weighted by molar-refractivity contribution is 7.92. The molecule has 0 unspecified atom stereocenters. The summed E-state index contributed by atoms with van der Waals surface area (Å²) in [4.78, 5) is 27.8. The van der Waals surface area contributed by atoms with Crippen molar-refractivity contribution in [3.05, 3.63) is 65.2 Å². The van der Waals surface area contributed by atoms with Crippen LogP contribution >= 0.6 is 0 Å². The summed E-state index contributed by atoms with van der Waals surface area (Å²) in [6.45, 7) is 5.55. The van der Waals surface area contributed by atoms with Crippen LogP contribution in [0.2, 0.25) is 0 Å². The van der Waals surface area contributed by atoms with E-state index in [0.29, 0.717) is 17.3 Å². The molecule has 0 radical (unpaired) electrons. The minimum Gasteiger partial charge on any atom is -0.354 e. The van der Waals surface area contributed by atoms with E-state index in [0.717, 1.165) is 48.4 Å². The van der Waals surface area contributed by atoms with E-state index in [1.807, 2.05) is 38.1 Å². The number of sulfonamides is 1. The SMILES string of the molecule is CCCCNC(=O)[C@@H](CC)N(Cc1ccc(C)cc1)C(=O)CN(c1ccc(F)c(F)c1)S(C)(=O)=O. The molecule has 0 bridgehead atoms. The molecule has 0 aliphatic carbocycles. The zero-order valence-electron chi connectivity index (χ0n) is 20.6. The standard InChI is InChI=1S/C25H33F2N3O4S/c1-5-7-14-28-25(32)23(6-2)29(16-19-10-8-18(3)9-11-19)24(31)17-30(35(4,33)34)20-12-13-21(26)22(27)15-20/h8-13,15,23H,5-7,14,16-17H2,1-4H3,(H,28,32)/t23-/m1/s1. The van der Waals surface area contributed by atoms with E-state index < -0.39 is 40.2 Å². The molecule has 0 aliphatic rings. The van der Waals surface area contributed by atoms with Gasteiger partial charge in [-0.3, -0.25) is 13.9 Å². The minimum absolute atomic E-state index is 0.0776. The van der Waals surface area contributed by atoms with Crippen LogP contribution in [-0.4, -0.2) is 50.5 Å². The summed E-state index contributed by atoms with van der Waals surface area (Å²) >= 11 is 0. The van der Waals surface area contributed by atoms with Gasteiger partial charge < -0.3 is 10.2 Å². The number of carbonyl (C=O) groups is 2. The molecule has 2 rings (SSSR count). The first-order valence-electron chi connectivity index (χ1n) is 11.5. The largest absolute Gasteiger partial charge is 0.354 e. The third kappa shape index (κ3) is 8.02. The molecule has 1 N–H and O–H groups in total. The van der Waals surface area contributed by atoms with Crippen molar-refractivity contribution in [2.45, 2.75) is 52.6 Å². The molecule has 0 heterocycles. The predicted molar refractivity (Wildman–Crippen MR) is 132 cm³/mol. The lowest BCUT2D eigenvalue weighted by Gasteiger charge is -2.33. The third-order valence-electron chi connectivity index (χ3n) is 5.56. The molecule has 0 spiro atoms. The number of benzene rings is 2. The topological polar surface area (TPSA) is 86.8 Å². The van der Waals surface area contributed by atoms with Crippen LogP contribution in [0.25, 0.3) is 0 Å². The highest BCUT2D eigenvalue weighted by Gasteiger charge is 2.31. The molecule has 2 aromatic rings. The van der Waals surface area contributed by atoms with Gasteiger partial charge in [0.05, 0.1) is 11.9 Å². The van der Waals surface area contributed by atoms with Crippen LogP contribution in [-0.2, 0) is 26.2 Å². The fraction of sp³-hybridized carbons (Fsp3) is 0.440. The molecule has 35 heavy (non-hydrogen) atoms. The summed E-state index contributed by atoms with van der Waals surface area (Å²) in [5.41, 5.74) is 1.61. The number of rotatable bonds is 12. The highest BCUT2D eigenvalue weighted by Crippen LogP contribution is 2.22. The summed E-state index contributed by atoms with van der Waals surface area (Å²) in [7, 11) is -4.03. The number of unbranched alkanes of at least 4 members (excludes halogenated alkanes) is 1. The van der Waals surface area contributed by atoms with E-state index in [1.54, 1.807) is 6.92 Å². The zero-order chi connectivity index (χ0) is 26.2. The van der Waals surface area contributed by atoms with E-state index in [1.165, 1.54) is 4.90 Å². The number of halogens is 2. The summed E-state index contributed by atoms with van der Waals surface area (Å²) < 4.78 is 52.9. The van der Waals surface area contributed by atoms with Crippen LogP contribution in [0.15, 0.2) is 42.5 Å². The Bertz CT molecular complexity index is 1120. The lowest BCUT2D eigenvalue weighted by atomic mass is 10.1. The van der Waals surface area contributed by atoms with E-state index >= 15 is 0 Å². The molecule has 10 heteroatoms. The molecular formula is C25H33F2N3O4S. The molecule has 1 atom stereocenters. The minimum atomic E-state index is -4.03. The molecule has 0 aromatic heterocycles. The fourth-order valence-corrected chi connectivity index (χ4v) is 4.41. The van der Waals surface area contributed by atoms with Crippen molar-refractivity contribution in [2.24, 2.45) is 0 Å². The summed E-state index contributed by atoms with van der Waals surface area (Å²) in [5, 5.41) is 2.84. The first-order chi connectivity index (χ1) is 16.5. The van der Waals surface area contributed by atoms with Crippen LogP contribution in [0, 0.1) is 18.6 Å². The van der Waals surface area contributed by atoms with Crippen LogP contribution in [0.4, 0.5) is 14.5 Å². The maximum absolute atomic E-state index is 13.8. The van der Waals surface area contributed by atoms with Gasteiger partial charge in [0.25, 0.3) is 0 Å². The quantitative estimate of drug-likeness (QED) is 0.442. The second-order valence-corrected chi connectivity index (χ2v) is 10.4. The maximum atomic E-state index is 13.8. The number of nitrogens with zero attached hydrogens (tertiary/aromatic N) is 2. The molecule has 7 nitrogen and oxygen atoms in total. The van der Waals surface area contributed by atoms with Gasteiger partial charge in [0.2, 0.25) is 21.8 Å². The Balaban J connectivity index is 2.41. The average molecular weight is 510 g/mol. The number of carbonyl (C=O) groups excluding carboxylic acids is 2. The molecule has 2 aromatic carbocycles. The van der Waals surface area contributed by atoms with Gasteiger partial charge in [0.1, 0.15) is 12.6 Å². The van der Waals surface area contributed by atoms with E-state index in [2.05, 4.69) is 5.32 Å². The first-order valence-corrected chi connectivity index (χ1v) is 13.4. The molecule has 0 fully saturated rings.